The van der Waals surface area contributed by atoms with Gasteiger partial charge in [-0.1, -0.05) is 12.1 Å². The van der Waals surface area contributed by atoms with Crippen LogP contribution >= 0.6 is 0 Å². The molecule has 116 valence electrons. The average Bonchev–Trinajstić information content (AvgIpc) is 3.08. The molecule has 1 fully saturated rings. The molecule has 0 aliphatic carbocycles. The van der Waals surface area contributed by atoms with Crippen LogP contribution in [0.3, 0.4) is 0 Å². The third kappa shape index (κ3) is 3.36. The molecule has 1 atom stereocenters. The van der Waals surface area contributed by atoms with Gasteiger partial charge >= 0.3 is 0 Å². The Morgan fingerprint density at radius 2 is 1.91 bits per heavy atom. The summed E-state index contributed by atoms with van der Waals surface area (Å²) in [6.07, 6.45) is 1.89. The highest BCUT2D eigenvalue weighted by atomic mass is 19.1. The summed E-state index contributed by atoms with van der Waals surface area (Å²) in [6.45, 7) is 2.39. The van der Waals surface area contributed by atoms with E-state index in [0.29, 0.717) is 38.5 Å². The van der Waals surface area contributed by atoms with E-state index < -0.39 is 0 Å². The number of amides is 1. The first-order valence-corrected chi connectivity index (χ1v) is 7.38. The molecule has 3 rings (SSSR count). The third-order valence-electron chi connectivity index (χ3n) is 3.90. The van der Waals surface area contributed by atoms with Gasteiger partial charge in [0.05, 0.1) is 25.4 Å². The minimum atomic E-state index is -0.290. The molecule has 0 radical (unpaired) electrons. The molecule has 5 heteroatoms. The second-order valence-corrected chi connectivity index (χ2v) is 5.32. The lowest BCUT2D eigenvalue weighted by molar-refractivity contribution is -0.135. The molecular formula is C17H18FNO3. The molecule has 1 amide bonds. The van der Waals surface area contributed by atoms with Crippen molar-refractivity contribution in [3.63, 3.8) is 0 Å². The van der Waals surface area contributed by atoms with Crippen molar-refractivity contribution in [3.05, 3.63) is 59.8 Å². The van der Waals surface area contributed by atoms with E-state index in [1.54, 1.807) is 24.5 Å². The van der Waals surface area contributed by atoms with Gasteiger partial charge in [0.2, 0.25) is 5.91 Å². The quantitative estimate of drug-likeness (QED) is 0.872. The van der Waals surface area contributed by atoms with Crippen molar-refractivity contribution in [1.29, 1.82) is 0 Å². The van der Waals surface area contributed by atoms with Crippen LogP contribution in [0.1, 0.15) is 23.7 Å². The number of rotatable bonds is 4. The number of hydrogen-bond donors (Lipinski definition) is 0. The number of halogens is 1. The largest absolute Gasteiger partial charge is 0.469 e. The van der Waals surface area contributed by atoms with Crippen LogP contribution in [-0.4, -0.2) is 37.1 Å². The van der Waals surface area contributed by atoms with E-state index in [4.69, 9.17) is 9.15 Å². The van der Waals surface area contributed by atoms with Crippen molar-refractivity contribution in [2.45, 2.75) is 12.3 Å². The minimum absolute atomic E-state index is 0.0639. The third-order valence-corrected chi connectivity index (χ3v) is 3.90. The highest BCUT2D eigenvalue weighted by molar-refractivity contribution is 5.77. The van der Waals surface area contributed by atoms with Gasteiger partial charge in [-0.15, -0.1) is 0 Å². The van der Waals surface area contributed by atoms with E-state index in [1.165, 1.54) is 12.1 Å². The molecule has 2 heterocycles. The van der Waals surface area contributed by atoms with E-state index in [2.05, 4.69) is 0 Å². The summed E-state index contributed by atoms with van der Waals surface area (Å²) in [5.74, 6) is 0.287. The maximum absolute atomic E-state index is 13.1. The highest BCUT2D eigenvalue weighted by Crippen LogP contribution is 2.29. The first-order valence-electron chi connectivity index (χ1n) is 7.38. The predicted octanol–water partition coefficient (Wildman–Crippen LogP) is 2.80. The number of benzene rings is 1. The zero-order valence-electron chi connectivity index (χ0n) is 12.2. The first kappa shape index (κ1) is 14.8. The molecule has 2 aromatic rings. The average molecular weight is 303 g/mol. The van der Waals surface area contributed by atoms with Crippen molar-refractivity contribution >= 4 is 5.91 Å². The Kier molecular flexibility index (Phi) is 4.53. The van der Waals surface area contributed by atoms with Gasteiger partial charge in [0.1, 0.15) is 11.6 Å². The number of furan rings is 1. The van der Waals surface area contributed by atoms with Gasteiger partial charge in [-0.3, -0.25) is 4.79 Å². The summed E-state index contributed by atoms with van der Waals surface area (Å²) in [4.78, 5) is 14.3. The number of nitrogens with zero attached hydrogens (tertiary/aromatic N) is 1. The number of carbonyl (C=O) groups excluding carboxylic acids is 1. The predicted molar refractivity (Wildman–Crippen MR) is 79.0 cm³/mol. The Labute approximate surface area is 128 Å². The first-order chi connectivity index (χ1) is 10.7. The standard InChI is InChI=1S/C17H18FNO3/c18-14-5-3-13(4-6-14)15(16-2-1-9-22-16)12-17(20)19-7-10-21-11-8-19/h1-6,9,15H,7-8,10-12H2/t15-/m1/s1. The van der Waals surface area contributed by atoms with Crippen LogP contribution < -0.4 is 0 Å². The van der Waals surface area contributed by atoms with Crippen LogP contribution in [-0.2, 0) is 9.53 Å². The SMILES string of the molecule is O=C(C[C@H](c1ccc(F)cc1)c1ccco1)N1CCOCC1. The van der Waals surface area contributed by atoms with Crippen LogP contribution in [0.5, 0.6) is 0 Å². The Hall–Kier alpha value is -2.14. The van der Waals surface area contributed by atoms with Gasteiger partial charge < -0.3 is 14.1 Å². The zero-order chi connectivity index (χ0) is 15.4. The number of morpholine rings is 1. The summed E-state index contributed by atoms with van der Waals surface area (Å²) in [7, 11) is 0. The van der Waals surface area contributed by atoms with Crippen LogP contribution in [0.25, 0.3) is 0 Å². The maximum Gasteiger partial charge on any atom is 0.223 e. The monoisotopic (exact) mass is 303 g/mol. The fourth-order valence-corrected chi connectivity index (χ4v) is 2.68. The Bertz CT molecular complexity index is 603. The summed E-state index contributed by atoms with van der Waals surface area (Å²) in [6, 6.07) is 9.87. The minimum Gasteiger partial charge on any atom is -0.469 e. The van der Waals surface area contributed by atoms with Gasteiger partial charge in [0.25, 0.3) is 0 Å². The van der Waals surface area contributed by atoms with Gasteiger partial charge in [-0.25, -0.2) is 4.39 Å². The molecule has 1 aliphatic rings. The molecule has 0 N–H and O–H groups in total. The molecule has 22 heavy (non-hydrogen) atoms. The number of carbonyl (C=O) groups is 1. The van der Waals surface area contributed by atoms with E-state index >= 15 is 0 Å². The lowest BCUT2D eigenvalue weighted by Crippen LogP contribution is -2.41. The van der Waals surface area contributed by atoms with Crippen LogP contribution in [0, 0.1) is 5.82 Å². The normalized spacial score (nSPS) is 16.5. The lowest BCUT2D eigenvalue weighted by atomic mass is 9.92. The smallest absolute Gasteiger partial charge is 0.223 e. The summed E-state index contributed by atoms with van der Waals surface area (Å²) >= 11 is 0. The molecule has 1 aromatic heterocycles. The van der Waals surface area contributed by atoms with Crippen molar-refractivity contribution < 1.29 is 18.3 Å². The molecule has 1 saturated heterocycles. The summed E-state index contributed by atoms with van der Waals surface area (Å²) in [5.41, 5.74) is 0.873. The molecule has 0 saturated carbocycles. The van der Waals surface area contributed by atoms with Gasteiger partial charge in [0, 0.05) is 19.5 Å². The van der Waals surface area contributed by atoms with Crippen molar-refractivity contribution in [3.8, 4) is 0 Å². The molecular weight excluding hydrogens is 285 g/mol. The summed E-state index contributed by atoms with van der Waals surface area (Å²) < 4.78 is 23.9. The molecule has 0 bridgehead atoms. The van der Waals surface area contributed by atoms with Gasteiger partial charge in [0.15, 0.2) is 0 Å². The van der Waals surface area contributed by atoms with Crippen molar-refractivity contribution in [1.82, 2.24) is 4.90 Å². The topological polar surface area (TPSA) is 42.7 Å². The fraction of sp³-hybridized carbons (Fsp3) is 0.353. The van der Waals surface area contributed by atoms with E-state index in [-0.39, 0.29) is 17.6 Å². The number of ether oxygens (including phenoxy) is 1. The Morgan fingerprint density at radius 3 is 2.55 bits per heavy atom. The maximum atomic E-state index is 13.1. The molecule has 4 nitrogen and oxygen atoms in total. The molecule has 0 spiro atoms. The molecule has 1 aromatic carbocycles. The van der Waals surface area contributed by atoms with E-state index in [9.17, 15) is 9.18 Å². The van der Waals surface area contributed by atoms with Gasteiger partial charge in [-0.2, -0.15) is 0 Å². The second-order valence-electron chi connectivity index (χ2n) is 5.32. The van der Waals surface area contributed by atoms with Crippen LogP contribution in [0.15, 0.2) is 47.1 Å². The highest BCUT2D eigenvalue weighted by Gasteiger charge is 2.25. The molecule has 0 unspecified atom stereocenters. The number of hydrogen-bond acceptors (Lipinski definition) is 3. The van der Waals surface area contributed by atoms with Gasteiger partial charge in [-0.05, 0) is 29.8 Å². The molecule has 1 aliphatic heterocycles. The Balaban J connectivity index is 1.79. The van der Waals surface area contributed by atoms with Crippen LogP contribution in [0.4, 0.5) is 4.39 Å². The Morgan fingerprint density at radius 1 is 1.18 bits per heavy atom. The summed E-state index contributed by atoms with van der Waals surface area (Å²) in [5, 5.41) is 0. The van der Waals surface area contributed by atoms with Crippen LogP contribution in [0.2, 0.25) is 0 Å². The lowest BCUT2D eigenvalue weighted by Gasteiger charge is -2.28. The van der Waals surface area contributed by atoms with E-state index in [1.807, 2.05) is 11.0 Å². The fourth-order valence-electron chi connectivity index (χ4n) is 2.68. The second kappa shape index (κ2) is 6.75. The van der Waals surface area contributed by atoms with Crippen molar-refractivity contribution in [2.24, 2.45) is 0 Å². The van der Waals surface area contributed by atoms with Crippen molar-refractivity contribution in [2.75, 3.05) is 26.3 Å². The zero-order valence-corrected chi connectivity index (χ0v) is 12.2. The van der Waals surface area contributed by atoms with E-state index in [0.717, 1.165) is 5.56 Å².